The molecule has 9 heteroatoms. The number of amides is 2. The number of rotatable bonds is 9. The highest BCUT2D eigenvalue weighted by molar-refractivity contribution is 5.92. The Hall–Kier alpha value is -3.85. The van der Waals surface area contributed by atoms with Gasteiger partial charge in [-0.2, -0.15) is 0 Å². The van der Waals surface area contributed by atoms with E-state index >= 15 is 0 Å². The van der Waals surface area contributed by atoms with Crippen molar-refractivity contribution in [3.05, 3.63) is 77.5 Å². The number of piperazine rings is 1. The summed E-state index contributed by atoms with van der Waals surface area (Å²) < 4.78 is 16.7. The summed E-state index contributed by atoms with van der Waals surface area (Å²) >= 11 is 0. The largest absolute Gasteiger partial charge is 0.497 e. The van der Waals surface area contributed by atoms with E-state index in [1.807, 2.05) is 36.4 Å². The zero-order valence-corrected chi connectivity index (χ0v) is 21.0. The molecular formula is C27H32N4O5. The van der Waals surface area contributed by atoms with E-state index in [0.29, 0.717) is 51.7 Å². The molecule has 0 N–H and O–H groups in total. The summed E-state index contributed by atoms with van der Waals surface area (Å²) in [4.78, 5) is 34.7. The van der Waals surface area contributed by atoms with Crippen LogP contribution < -0.4 is 9.47 Å². The van der Waals surface area contributed by atoms with Crippen LogP contribution in [0.2, 0.25) is 0 Å². The molecule has 1 aliphatic rings. The van der Waals surface area contributed by atoms with Gasteiger partial charge in [0.15, 0.2) is 5.69 Å². The van der Waals surface area contributed by atoms with Gasteiger partial charge >= 0.3 is 0 Å². The Morgan fingerprint density at radius 1 is 0.944 bits per heavy atom. The molecule has 190 valence electrons. The number of aromatic nitrogens is 1. The van der Waals surface area contributed by atoms with Crippen LogP contribution in [0.5, 0.6) is 11.5 Å². The average Bonchev–Trinajstić information content (AvgIpc) is 3.37. The highest BCUT2D eigenvalue weighted by Gasteiger charge is 2.26. The van der Waals surface area contributed by atoms with E-state index in [2.05, 4.69) is 22.0 Å². The number of ether oxygens (including phenoxy) is 2. The zero-order valence-electron chi connectivity index (χ0n) is 21.0. The molecular weight excluding hydrogens is 460 g/mol. The molecule has 0 aliphatic carbocycles. The number of nitrogens with zero attached hydrogens (tertiary/aromatic N) is 4. The molecule has 0 spiro atoms. The van der Waals surface area contributed by atoms with Crippen molar-refractivity contribution in [3.8, 4) is 11.5 Å². The second-order valence-corrected chi connectivity index (χ2v) is 8.73. The van der Waals surface area contributed by atoms with Crippen molar-refractivity contribution in [1.29, 1.82) is 0 Å². The van der Waals surface area contributed by atoms with Gasteiger partial charge in [0, 0.05) is 51.8 Å². The number of oxazole rings is 1. The summed E-state index contributed by atoms with van der Waals surface area (Å²) in [6.07, 6.45) is 1.42. The molecule has 0 unspecified atom stereocenters. The lowest BCUT2D eigenvalue weighted by molar-refractivity contribution is -0.130. The normalized spacial score (nSPS) is 13.7. The summed E-state index contributed by atoms with van der Waals surface area (Å²) in [5, 5.41) is 0. The van der Waals surface area contributed by atoms with Crippen molar-refractivity contribution in [2.45, 2.75) is 26.6 Å². The quantitative estimate of drug-likeness (QED) is 0.453. The standard InChI is InChI=1S/C27H32N4O5/c1-20(32)30-11-13-31(14-12-30)27(33)24-19-36-26(28-24)18-29(16-21-7-5-4-6-8-21)17-22-15-23(34-2)9-10-25(22)35-3/h4-10,15,19H,11-14,16-18H2,1-3H3. The van der Waals surface area contributed by atoms with Crippen LogP contribution in [0.15, 0.2) is 59.2 Å². The molecule has 1 aliphatic heterocycles. The van der Waals surface area contributed by atoms with Crippen LogP contribution >= 0.6 is 0 Å². The number of carbonyl (C=O) groups is 2. The monoisotopic (exact) mass is 492 g/mol. The highest BCUT2D eigenvalue weighted by Crippen LogP contribution is 2.26. The number of methoxy groups -OCH3 is 2. The Morgan fingerprint density at radius 3 is 2.33 bits per heavy atom. The van der Waals surface area contributed by atoms with E-state index in [0.717, 1.165) is 22.6 Å². The summed E-state index contributed by atoms with van der Waals surface area (Å²) in [7, 11) is 3.29. The van der Waals surface area contributed by atoms with Crippen LogP contribution in [-0.2, 0) is 24.4 Å². The molecule has 0 saturated carbocycles. The van der Waals surface area contributed by atoms with Crippen LogP contribution in [-0.4, -0.2) is 71.9 Å². The highest BCUT2D eigenvalue weighted by atomic mass is 16.5. The molecule has 1 fully saturated rings. The van der Waals surface area contributed by atoms with Crippen molar-refractivity contribution in [3.63, 3.8) is 0 Å². The maximum absolute atomic E-state index is 13.0. The maximum Gasteiger partial charge on any atom is 0.275 e. The Kier molecular flexibility index (Phi) is 8.22. The molecule has 2 amide bonds. The molecule has 2 heterocycles. The second kappa shape index (κ2) is 11.7. The average molecular weight is 493 g/mol. The van der Waals surface area contributed by atoms with Gasteiger partial charge in [0.25, 0.3) is 5.91 Å². The predicted octanol–water partition coefficient (Wildman–Crippen LogP) is 3.20. The summed E-state index contributed by atoms with van der Waals surface area (Å²) in [5.41, 5.74) is 2.39. The molecule has 36 heavy (non-hydrogen) atoms. The Balaban J connectivity index is 1.49. The topological polar surface area (TPSA) is 88.4 Å². The zero-order chi connectivity index (χ0) is 25.5. The molecule has 1 saturated heterocycles. The molecule has 0 bridgehead atoms. The Morgan fingerprint density at radius 2 is 1.67 bits per heavy atom. The molecule has 2 aromatic carbocycles. The van der Waals surface area contributed by atoms with E-state index in [-0.39, 0.29) is 17.5 Å². The first-order valence-electron chi connectivity index (χ1n) is 11.9. The fourth-order valence-corrected chi connectivity index (χ4v) is 4.32. The number of benzene rings is 2. The van der Waals surface area contributed by atoms with Gasteiger partial charge in [0.05, 0.1) is 20.8 Å². The van der Waals surface area contributed by atoms with Crippen molar-refractivity contribution in [2.24, 2.45) is 0 Å². The first kappa shape index (κ1) is 25.2. The van der Waals surface area contributed by atoms with Gasteiger partial charge < -0.3 is 23.7 Å². The Bertz CT molecular complexity index is 1170. The van der Waals surface area contributed by atoms with Crippen molar-refractivity contribution >= 4 is 11.8 Å². The van der Waals surface area contributed by atoms with Gasteiger partial charge in [-0.05, 0) is 23.8 Å². The third-order valence-corrected chi connectivity index (χ3v) is 6.27. The fraction of sp³-hybridized carbons (Fsp3) is 0.370. The lowest BCUT2D eigenvalue weighted by Gasteiger charge is -2.33. The summed E-state index contributed by atoms with van der Waals surface area (Å²) in [5.74, 6) is 1.81. The molecule has 9 nitrogen and oxygen atoms in total. The smallest absolute Gasteiger partial charge is 0.275 e. The number of hydrogen-bond donors (Lipinski definition) is 0. The predicted molar refractivity (Wildman–Crippen MR) is 134 cm³/mol. The lowest BCUT2D eigenvalue weighted by Crippen LogP contribution is -2.50. The first-order chi connectivity index (χ1) is 17.5. The van der Waals surface area contributed by atoms with E-state index in [1.165, 1.54) is 6.26 Å². The van der Waals surface area contributed by atoms with Crippen molar-refractivity contribution in [2.75, 3.05) is 40.4 Å². The SMILES string of the molecule is COc1ccc(OC)c(CN(Cc2ccccc2)Cc2nc(C(=O)N3CCN(C(C)=O)CC3)co2)c1. The number of carbonyl (C=O) groups excluding carboxylic acids is 2. The number of hydrogen-bond acceptors (Lipinski definition) is 7. The minimum absolute atomic E-state index is 0.0250. The van der Waals surface area contributed by atoms with Gasteiger partial charge in [-0.3, -0.25) is 14.5 Å². The van der Waals surface area contributed by atoms with E-state index in [1.54, 1.807) is 30.9 Å². The summed E-state index contributed by atoms with van der Waals surface area (Å²) in [6, 6.07) is 15.9. The first-order valence-corrected chi connectivity index (χ1v) is 11.9. The van der Waals surface area contributed by atoms with Crippen LogP contribution in [0.25, 0.3) is 0 Å². The minimum Gasteiger partial charge on any atom is -0.497 e. The molecule has 0 atom stereocenters. The molecule has 4 rings (SSSR count). The van der Waals surface area contributed by atoms with E-state index in [9.17, 15) is 9.59 Å². The lowest BCUT2D eigenvalue weighted by atomic mass is 10.1. The fourth-order valence-electron chi connectivity index (χ4n) is 4.32. The van der Waals surface area contributed by atoms with Crippen LogP contribution in [0.3, 0.4) is 0 Å². The molecule has 1 aromatic heterocycles. The van der Waals surface area contributed by atoms with E-state index in [4.69, 9.17) is 13.9 Å². The second-order valence-electron chi connectivity index (χ2n) is 8.73. The Labute approximate surface area is 211 Å². The van der Waals surface area contributed by atoms with Gasteiger partial charge in [-0.25, -0.2) is 4.98 Å². The van der Waals surface area contributed by atoms with Crippen molar-refractivity contribution in [1.82, 2.24) is 19.7 Å². The van der Waals surface area contributed by atoms with Gasteiger partial charge in [-0.1, -0.05) is 30.3 Å². The van der Waals surface area contributed by atoms with Crippen LogP contribution in [0.1, 0.15) is 34.4 Å². The van der Waals surface area contributed by atoms with Crippen LogP contribution in [0, 0.1) is 0 Å². The summed E-state index contributed by atoms with van der Waals surface area (Å²) in [6.45, 7) is 5.18. The maximum atomic E-state index is 13.0. The third-order valence-electron chi connectivity index (χ3n) is 6.27. The van der Waals surface area contributed by atoms with Crippen LogP contribution in [0.4, 0.5) is 0 Å². The van der Waals surface area contributed by atoms with Gasteiger partial charge in [0.2, 0.25) is 11.8 Å². The van der Waals surface area contributed by atoms with E-state index < -0.39 is 0 Å². The van der Waals surface area contributed by atoms with Gasteiger partial charge in [-0.15, -0.1) is 0 Å². The van der Waals surface area contributed by atoms with Crippen molar-refractivity contribution < 1.29 is 23.5 Å². The third kappa shape index (κ3) is 6.23. The van der Waals surface area contributed by atoms with Gasteiger partial charge in [0.1, 0.15) is 17.8 Å². The molecule has 3 aromatic rings. The minimum atomic E-state index is -0.183. The molecule has 0 radical (unpaired) electrons.